The van der Waals surface area contributed by atoms with Crippen LogP contribution >= 0.6 is 0 Å². The first-order chi connectivity index (χ1) is 22.8. The second-order valence-electron chi connectivity index (χ2n) is 12.0. The third-order valence-electron chi connectivity index (χ3n) is 9.48. The molecular formula is C43H27N3. The van der Waals surface area contributed by atoms with Gasteiger partial charge in [0.25, 0.3) is 0 Å². The Kier molecular flexibility index (Phi) is 5.28. The number of pyridine rings is 1. The maximum Gasteiger partial charge on any atom is 0.146 e. The summed E-state index contributed by atoms with van der Waals surface area (Å²) in [7, 11) is 0. The minimum absolute atomic E-state index is 0.982. The molecule has 0 unspecified atom stereocenters. The lowest BCUT2D eigenvalue weighted by molar-refractivity contribution is 1.18. The van der Waals surface area contributed by atoms with Crippen LogP contribution in [0.2, 0.25) is 0 Å². The number of hydrogen-bond donors (Lipinski definition) is 0. The molecule has 10 rings (SSSR count). The minimum atomic E-state index is 0.982. The van der Waals surface area contributed by atoms with Gasteiger partial charge in [0.2, 0.25) is 0 Å². The van der Waals surface area contributed by atoms with Gasteiger partial charge in [-0.05, 0) is 76.2 Å². The normalized spacial score (nSPS) is 11.9. The first kappa shape index (κ1) is 25.2. The van der Waals surface area contributed by atoms with Gasteiger partial charge in [-0.2, -0.15) is 0 Å². The Labute approximate surface area is 265 Å². The molecule has 0 atom stereocenters. The van der Waals surface area contributed by atoms with Crippen LogP contribution in [0.1, 0.15) is 0 Å². The standard InChI is InChI=1S/C43H27N3/c1-3-11-28(12-4-1)30-19-22-40-36(25-30)37-26-31(29-13-5-2-6-14-29)20-23-41(37)45(40)32-21-24-42-38(27-32)44-43-35-17-8-7-15-33(35)34-16-9-10-18-39(34)46(42)43/h1-27H. The summed E-state index contributed by atoms with van der Waals surface area (Å²) in [5.41, 5.74) is 12.6. The average molecular weight is 586 g/mol. The van der Waals surface area contributed by atoms with E-state index in [-0.39, 0.29) is 0 Å². The van der Waals surface area contributed by atoms with Gasteiger partial charge in [0.15, 0.2) is 0 Å². The molecule has 214 valence electrons. The van der Waals surface area contributed by atoms with Crippen molar-refractivity contribution in [2.45, 2.75) is 0 Å². The van der Waals surface area contributed by atoms with Crippen LogP contribution in [0.5, 0.6) is 0 Å². The van der Waals surface area contributed by atoms with Gasteiger partial charge in [0.05, 0.1) is 27.6 Å². The van der Waals surface area contributed by atoms with E-state index in [0.717, 1.165) is 27.8 Å². The molecule has 46 heavy (non-hydrogen) atoms. The van der Waals surface area contributed by atoms with E-state index in [0.29, 0.717) is 0 Å². The highest BCUT2D eigenvalue weighted by atomic mass is 15.0. The topological polar surface area (TPSA) is 22.2 Å². The van der Waals surface area contributed by atoms with Crippen LogP contribution < -0.4 is 0 Å². The molecule has 10 aromatic rings. The molecule has 0 aliphatic heterocycles. The lowest BCUT2D eigenvalue weighted by Gasteiger charge is -2.10. The fourth-order valence-corrected chi connectivity index (χ4v) is 7.36. The van der Waals surface area contributed by atoms with E-state index in [4.69, 9.17) is 4.98 Å². The number of rotatable bonds is 3. The molecule has 3 heteroatoms. The SMILES string of the molecule is c1ccc(-c2ccc3c(c2)c2cc(-c4ccccc4)ccc2n3-c2ccc3c(c2)nc2c4ccccc4c4ccccc4n32)cc1. The van der Waals surface area contributed by atoms with Crippen molar-refractivity contribution in [1.82, 2.24) is 14.0 Å². The van der Waals surface area contributed by atoms with Crippen molar-refractivity contribution in [1.29, 1.82) is 0 Å². The van der Waals surface area contributed by atoms with Crippen molar-refractivity contribution in [3.05, 3.63) is 164 Å². The maximum absolute atomic E-state index is 5.28. The molecule has 0 radical (unpaired) electrons. The Bertz CT molecular complexity index is 2690. The Morgan fingerprint density at radius 1 is 0.348 bits per heavy atom. The fourth-order valence-electron chi connectivity index (χ4n) is 7.36. The average Bonchev–Trinajstić information content (AvgIpc) is 3.68. The van der Waals surface area contributed by atoms with Crippen LogP contribution in [0, 0.1) is 0 Å². The van der Waals surface area contributed by atoms with E-state index in [1.165, 1.54) is 60.3 Å². The van der Waals surface area contributed by atoms with Crippen LogP contribution in [-0.4, -0.2) is 14.0 Å². The summed E-state index contributed by atoms with van der Waals surface area (Å²) >= 11 is 0. The second kappa shape index (κ2) is 9.65. The van der Waals surface area contributed by atoms with E-state index >= 15 is 0 Å². The quantitative estimate of drug-likeness (QED) is 0.189. The maximum atomic E-state index is 5.28. The lowest BCUT2D eigenvalue weighted by Crippen LogP contribution is -1.94. The zero-order chi connectivity index (χ0) is 30.2. The van der Waals surface area contributed by atoms with Gasteiger partial charge in [0, 0.05) is 27.2 Å². The van der Waals surface area contributed by atoms with Crippen LogP contribution in [0.3, 0.4) is 0 Å². The number of imidazole rings is 1. The van der Waals surface area contributed by atoms with Gasteiger partial charge in [-0.3, -0.25) is 4.40 Å². The minimum Gasteiger partial charge on any atom is -0.309 e. The predicted octanol–water partition coefficient (Wildman–Crippen LogP) is 11.2. The molecule has 0 aliphatic carbocycles. The smallest absolute Gasteiger partial charge is 0.146 e. The molecule has 3 heterocycles. The van der Waals surface area contributed by atoms with Crippen molar-refractivity contribution < 1.29 is 0 Å². The summed E-state index contributed by atoms with van der Waals surface area (Å²) < 4.78 is 4.72. The highest BCUT2D eigenvalue weighted by Gasteiger charge is 2.18. The third-order valence-corrected chi connectivity index (χ3v) is 9.48. The molecule has 0 spiro atoms. The summed E-state index contributed by atoms with van der Waals surface area (Å²) in [4.78, 5) is 5.28. The number of aromatic nitrogens is 3. The summed E-state index contributed by atoms with van der Waals surface area (Å²) in [5.74, 6) is 0. The summed E-state index contributed by atoms with van der Waals surface area (Å²) in [6.07, 6.45) is 0. The van der Waals surface area contributed by atoms with Crippen molar-refractivity contribution >= 4 is 60.2 Å². The number of para-hydroxylation sites is 1. The summed E-state index contributed by atoms with van der Waals surface area (Å²) in [6.45, 7) is 0. The van der Waals surface area contributed by atoms with Crippen LogP contribution in [0.25, 0.3) is 88.1 Å². The van der Waals surface area contributed by atoms with Gasteiger partial charge >= 0.3 is 0 Å². The monoisotopic (exact) mass is 585 g/mol. The van der Waals surface area contributed by atoms with E-state index in [1.807, 2.05) is 0 Å². The van der Waals surface area contributed by atoms with E-state index in [1.54, 1.807) is 0 Å². The van der Waals surface area contributed by atoms with Crippen LogP contribution in [-0.2, 0) is 0 Å². The first-order valence-corrected chi connectivity index (χ1v) is 15.7. The number of nitrogens with zero attached hydrogens (tertiary/aromatic N) is 3. The van der Waals surface area contributed by atoms with E-state index < -0.39 is 0 Å². The molecular weight excluding hydrogens is 558 g/mol. The highest BCUT2D eigenvalue weighted by molar-refractivity contribution is 6.14. The van der Waals surface area contributed by atoms with Gasteiger partial charge in [0.1, 0.15) is 5.65 Å². The number of benzene rings is 7. The van der Waals surface area contributed by atoms with Gasteiger partial charge < -0.3 is 4.57 Å². The van der Waals surface area contributed by atoms with Crippen molar-refractivity contribution in [2.24, 2.45) is 0 Å². The molecule has 3 aromatic heterocycles. The lowest BCUT2D eigenvalue weighted by atomic mass is 10.0. The fraction of sp³-hybridized carbons (Fsp3) is 0. The second-order valence-corrected chi connectivity index (χ2v) is 12.0. The Hall–Kier alpha value is -6.19. The summed E-state index contributed by atoms with van der Waals surface area (Å²) in [5, 5.41) is 6.10. The third kappa shape index (κ3) is 3.63. The Morgan fingerprint density at radius 2 is 0.891 bits per heavy atom. The van der Waals surface area contributed by atoms with Gasteiger partial charge in [-0.25, -0.2) is 4.98 Å². The van der Waals surface area contributed by atoms with E-state index in [2.05, 4.69) is 173 Å². The largest absolute Gasteiger partial charge is 0.309 e. The highest BCUT2D eigenvalue weighted by Crippen LogP contribution is 2.38. The number of fused-ring (bicyclic) bond motifs is 11. The zero-order valence-electron chi connectivity index (χ0n) is 24.9. The molecule has 7 aromatic carbocycles. The van der Waals surface area contributed by atoms with Crippen molar-refractivity contribution in [3.8, 4) is 27.9 Å². The predicted molar refractivity (Wildman–Crippen MR) is 193 cm³/mol. The molecule has 0 bridgehead atoms. The molecule has 0 N–H and O–H groups in total. The Morgan fingerprint density at radius 3 is 1.54 bits per heavy atom. The van der Waals surface area contributed by atoms with Crippen LogP contribution in [0.15, 0.2) is 164 Å². The van der Waals surface area contributed by atoms with Crippen molar-refractivity contribution in [2.75, 3.05) is 0 Å². The molecule has 0 aliphatic rings. The molecule has 3 nitrogen and oxygen atoms in total. The Balaban J connectivity index is 1.26. The zero-order valence-corrected chi connectivity index (χ0v) is 24.9. The van der Waals surface area contributed by atoms with Gasteiger partial charge in [-0.15, -0.1) is 0 Å². The molecule has 0 amide bonds. The summed E-state index contributed by atoms with van der Waals surface area (Å²) in [6, 6.07) is 59.0. The molecule has 0 saturated heterocycles. The van der Waals surface area contributed by atoms with Crippen LogP contribution in [0.4, 0.5) is 0 Å². The number of hydrogen-bond acceptors (Lipinski definition) is 1. The van der Waals surface area contributed by atoms with Gasteiger partial charge in [-0.1, -0.05) is 115 Å². The molecule has 0 fully saturated rings. The molecule has 0 saturated carbocycles. The van der Waals surface area contributed by atoms with Crippen molar-refractivity contribution in [3.63, 3.8) is 0 Å². The first-order valence-electron chi connectivity index (χ1n) is 15.7. The van der Waals surface area contributed by atoms with E-state index in [9.17, 15) is 0 Å².